The maximum atomic E-state index is 12.6. The molecule has 1 amide bonds. The molecule has 6 heteroatoms. The fraction of sp³-hybridized carbons (Fsp3) is 0.389. The Hall–Kier alpha value is -2.14. The van der Waals surface area contributed by atoms with E-state index in [-0.39, 0.29) is 5.91 Å². The highest BCUT2D eigenvalue weighted by atomic mass is 35.5. The van der Waals surface area contributed by atoms with Crippen molar-refractivity contribution in [3.05, 3.63) is 52.4 Å². The van der Waals surface area contributed by atoms with Gasteiger partial charge in [-0.25, -0.2) is 9.97 Å². The number of rotatable bonds is 4. The van der Waals surface area contributed by atoms with Crippen LogP contribution in [0, 0.1) is 6.92 Å². The van der Waals surface area contributed by atoms with Crippen LogP contribution in [0.5, 0.6) is 0 Å². The van der Waals surface area contributed by atoms with Gasteiger partial charge < -0.3 is 10.2 Å². The number of carbonyl (C=O) groups is 1. The maximum Gasteiger partial charge on any atom is 0.272 e. The second-order valence-corrected chi connectivity index (χ2v) is 6.39. The molecule has 1 aliphatic heterocycles. The molecule has 5 nitrogen and oxygen atoms in total. The summed E-state index contributed by atoms with van der Waals surface area (Å²) in [6.45, 7) is 3.97. The average Bonchev–Trinajstić information content (AvgIpc) is 2.61. The third kappa shape index (κ3) is 4.03. The molecule has 0 radical (unpaired) electrons. The summed E-state index contributed by atoms with van der Waals surface area (Å²) in [5.74, 6) is 1.21. The normalized spacial score (nSPS) is 14.5. The van der Waals surface area contributed by atoms with Crippen molar-refractivity contribution in [3.8, 4) is 0 Å². The molecule has 1 aromatic heterocycles. The Morgan fingerprint density at radius 1 is 1.21 bits per heavy atom. The first-order valence-electron chi connectivity index (χ1n) is 8.26. The van der Waals surface area contributed by atoms with Crippen LogP contribution < -0.4 is 5.32 Å². The Kier molecular flexibility index (Phi) is 5.30. The lowest BCUT2D eigenvalue weighted by atomic mass is 10.1. The van der Waals surface area contributed by atoms with Crippen LogP contribution >= 0.6 is 11.6 Å². The first-order chi connectivity index (χ1) is 11.6. The van der Waals surface area contributed by atoms with Gasteiger partial charge in [0, 0.05) is 30.7 Å². The zero-order chi connectivity index (χ0) is 16.9. The topological polar surface area (TPSA) is 58.1 Å². The van der Waals surface area contributed by atoms with Crippen molar-refractivity contribution >= 4 is 23.3 Å². The van der Waals surface area contributed by atoms with Gasteiger partial charge in [-0.1, -0.05) is 29.8 Å². The lowest BCUT2D eigenvalue weighted by molar-refractivity contribution is 0.0718. The number of amides is 1. The van der Waals surface area contributed by atoms with Gasteiger partial charge in [-0.05, 0) is 37.8 Å². The second kappa shape index (κ2) is 7.62. The zero-order valence-corrected chi connectivity index (χ0v) is 14.5. The second-order valence-electron chi connectivity index (χ2n) is 5.98. The Balaban J connectivity index is 1.73. The van der Waals surface area contributed by atoms with E-state index in [0.29, 0.717) is 28.9 Å². The number of anilines is 1. The number of nitrogens with zero attached hydrogens (tertiary/aromatic N) is 3. The van der Waals surface area contributed by atoms with Gasteiger partial charge in [0.2, 0.25) is 0 Å². The van der Waals surface area contributed by atoms with Gasteiger partial charge in [-0.15, -0.1) is 0 Å². The van der Waals surface area contributed by atoms with E-state index in [4.69, 9.17) is 11.6 Å². The van der Waals surface area contributed by atoms with Crippen LogP contribution in [0.25, 0.3) is 0 Å². The summed E-state index contributed by atoms with van der Waals surface area (Å²) in [6, 6.07) is 9.38. The van der Waals surface area contributed by atoms with E-state index in [1.807, 2.05) is 29.2 Å². The molecule has 3 rings (SSSR count). The molecular weight excluding hydrogens is 324 g/mol. The smallest absolute Gasteiger partial charge is 0.272 e. The fourth-order valence-electron chi connectivity index (χ4n) is 2.85. The Morgan fingerprint density at radius 2 is 1.96 bits per heavy atom. The Morgan fingerprint density at radius 3 is 2.71 bits per heavy atom. The molecule has 1 fully saturated rings. The SMILES string of the molecule is Cc1nc(NCc2ccccc2Cl)cc(C(=O)N2CCCCC2)n1. The minimum atomic E-state index is -0.0130. The largest absolute Gasteiger partial charge is 0.366 e. The number of hydrogen-bond acceptors (Lipinski definition) is 4. The molecule has 1 aromatic carbocycles. The number of halogens is 1. The van der Waals surface area contributed by atoms with Gasteiger partial charge in [0.05, 0.1) is 0 Å². The summed E-state index contributed by atoms with van der Waals surface area (Å²) < 4.78 is 0. The number of benzene rings is 1. The third-order valence-corrected chi connectivity index (χ3v) is 4.49. The van der Waals surface area contributed by atoms with E-state index < -0.39 is 0 Å². The molecule has 126 valence electrons. The molecule has 2 heterocycles. The molecule has 0 saturated carbocycles. The molecule has 1 aliphatic rings. The molecule has 0 spiro atoms. The van der Waals surface area contributed by atoms with Crippen LogP contribution in [0.1, 0.15) is 41.1 Å². The van der Waals surface area contributed by atoms with Crippen LogP contribution in [0.15, 0.2) is 30.3 Å². The minimum absolute atomic E-state index is 0.0130. The zero-order valence-electron chi connectivity index (χ0n) is 13.8. The molecule has 2 aromatic rings. The molecular formula is C18H21ClN4O. The van der Waals surface area contributed by atoms with Crippen LogP contribution in [-0.4, -0.2) is 33.9 Å². The molecule has 0 aliphatic carbocycles. The van der Waals surface area contributed by atoms with Crippen LogP contribution in [0.3, 0.4) is 0 Å². The van der Waals surface area contributed by atoms with E-state index in [2.05, 4.69) is 15.3 Å². The van der Waals surface area contributed by atoms with Crippen molar-refractivity contribution in [1.82, 2.24) is 14.9 Å². The van der Waals surface area contributed by atoms with E-state index in [1.54, 1.807) is 13.0 Å². The monoisotopic (exact) mass is 344 g/mol. The molecule has 0 atom stereocenters. The molecule has 1 N–H and O–H groups in total. The predicted octanol–water partition coefficient (Wildman–Crippen LogP) is 3.68. The molecule has 0 bridgehead atoms. The third-order valence-electron chi connectivity index (χ3n) is 4.12. The van der Waals surface area contributed by atoms with Crippen molar-refractivity contribution in [3.63, 3.8) is 0 Å². The summed E-state index contributed by atoms with van der Waals surface area (Å²) in [6.07, 6.45) is 3.32. The van der Waals surface area contributed by atoms with Gasteiger partial charge in [0.25, 0.3) is 5.91 Å². The summed E-state index contributed by atoms with van der Waals surface area (Å²) in [5.41, 5.74) is 1.44. The number of piperidine rings is 1. The van der Waals surface area contributed by atoms with Gasteiger partial charge in [0.15, 0.2) is 0 Å². The number of nitrogens with one attached hydrogen (secondary N) is 1. The van der Waals surface area contributed by atoms with Gasteiger partial charge in [-0.3, -0.25) is 4.79 Å². The summed E-state index contributed by atoms with van der Waals surface area (Å²) in [7, 11) is 0. The van der Waals surface area contributed by atoms with Crippen LogP contribution in [0.4, 0.5) is 5.82 Å². The summed E-state index contributed by atoms with van der Waals surface area (Å²) in [5, 5.41) is 3.94. The summed E-state index contributed by atoms with van der Waals surface area (Å²) in [4.78, 5) is 23.2. The highest BCUT2D eigenvalue weighted by molar-refractivity contribution is 6.31. The highest BCUT2D eigenvalue weighted by Gasteiger charge is 2.20. The predicted molar refractivity (Wildman–Crippen MR) is 95.3 cm³/mol. The summed E-state index contributed by atoms with van der Waals surface area (Å²) >= 11 is 6.17. The Bertz CT molecular complexity index is 729. The number of aryl methyl sites for hydroxylation is 1. The average molecular weight is 345 g/mol. The van der Waals surface area contributed by atoms with Gasteiger partial charge in [0.1, 0.15) is 17.3 Å². The minimum Gasteiger partial charge on any atom is -0.366 e. The maximum absolute atomic E-state index is 12.6. The first-order valence-corrected chi connectivity index (χ1v) is 8.63. The van der Waals surface area contributed by atoms with Crippen LogP contribution in [-0.2, 0) is 6.54 Å². The Labute approximate surface area is 147 Å². The number of carbonyl (C=O) groups excluding carboxylic acids is 1. The number of hydrogen-bond donors (Lipinski definition) is 1. The standard InChI is InChI=1S/C18H21ClN4O/c1-13-21-16(18(24)23-9-5-2-6-10-23)11-17(22-13)20-12-14-7-3-4-8-15(14)19/h3-4,7-8,11H,2,5-6,9-10,12H2,1H3,(H,20,21,22). The number of likely N-dealkylation sites (tertiary alicyclic amines) is 1. The van der Waals surface area contributed by atoms with Crippen molar-refractivity contribution in [2.45, 2.75) is 32.7 Å². The highest BCUT2D eigenvalue weighted by Crippen LogP contribution is 2.18. The van der Waals surface area contributed by atoms with E-state index >= 15 is 0 Å². The van der Waals surface area contributed by atoms with Crippen LogP contribution in [0.2, 0.25) is 5.02 Å². The first kappa shape index (κ1) is 16.7. The van der Waals surface area contributed by atoms with Crippen molar-refractivity contribution in [1.29, 1.82) is 0 Å². The molecule has 0 unspecified atom stereocenters. The van der Waals surface area contributed by atoms with Crippen molar-refractivity contribution in [2.24, 2.45) is 0 Å². The van der Waals surface area contributed by atoms with E-state index in [0.717, 1.165) is 31.5 Å². The fourth-order valence-corrected chi connectivity index (χ4v) is 3.06. The quantitative estimate of drug-likeness (QED) is 0.919. The van der Waals surface area contributed by atoms with Crippen molar-refractivity contribution < 1.29 is 4.79 Å². The number of aromatic nitrogens is 2. The van der Waals surface area contributed by atoms with E-state index in [1.165, 1.54) is 6.42 Å². The lowest BCUT2D eigenvalue weighted by Gasteiger charge is -2.26. The molecule has 1 saturated heterocycles. The van der Waals surface area contributed by atoms with Gasteiger partial charge >= 0.3 is 0 Å². The van der Waals surface area contributed by atoms with Gasteiger partial charge in [-0.2, -0.15) is 0 Å². The van der Waals surface area contributed by atoms with Crippen molar-refractivity contribution in [2.75, 3.05) is 18.4 Å². The lowest BCUT2D eigenvalue weighted by Crippen LogP contribution is -2.36. The van der Waals surface area contributed by atoms with E-state index in [9.17, 15) is 4.79 Å². The molecule has 24 heavy (non-hydrogen) atoms.